The number of thiocarbonyl (C=S) groups is 1. The SMILES string of the molecule is CCNC(=S)N[NH+]=Cc1ccccc1. The van der Waals surface area contributed by atoms with Gasteiger partial charge >= 0.3 is 0 Å². The maximum atomic E-state index is 4.96. The molecule has 3 N–H and O–H groups in total. The zero-order chi connectivity index (χ0) is 10.2. The molecule has 4 heteroatoms. The van der Waals surface area contributed by atoms with Crippen molar-refractivity contribution < 1.29 is 5.10 Å². The van der Waals surface area contributed by atoms with Crippen molar-refractivity contribution >= 4 is 23.5 Å². The second-order valence-corrected chi connectivity index (χ2v) is 3.09. The van der Waals surface area contributed by atoms with Crippen molar-refractivity contribution in [2.45, 2.75) is 6.92 Å². The highest BCUT2D eigenvalue weighted by Crippen LogP contribution is 1.90. The molecule has 14 heavy (non-hydrogen) atoms. The van der Waals surface area contributed by atoms with Crippen molar-refractivity contribution in [3.05, 3.63) is 35.9 Å². The molecule has 0 saturated carbocycles. The molecule has 0 amide bonds. The van der Waals surface area contributed by atoms with Gasteiger partial charge in [0.25, 0.3) is 0 Å². The maximum absolute atomic E-state index is 4.96. The number of hydrazine groups is 1. The average Bonchev–Trinajstić information content (AvgIpc) is 2.20. The summed E-state index contributed by atoms with van der Waals surface area (Å²) in [6, 6.07) is 9.95. The van der Waals surface area contributed by atoms with Crippen LogP contribution in [0.15, 0.2) is 30.3 Å². The molecule has 0 aromatic heterocycles. The largest absolute Gasteiger partial charge is 0.359 e. The van der Waals surface area contributed by atoms with Crippen LogP contribution in [-0.2, 0) is 0 Å². The molecule has 0 atom stereocenters. The molecule has 0 aliphatic rings. The van der Waals surface area contributed by atoms with Gasteiger partial charge in [0.15, 0.2) is 6.21 Å². The molecule has 1 rings (SSSR count). The molecule has 0 saturated heterocycles. The van der Waals surface area contributed by atoms with Gasteiger partial charge in [-0.25, -0.2) is 0 Å². The highest BCUT2D eigenvalue weighted by Gasteiger charge is 1.92. The van der Waals surface area contributed by atoms with Crippen LogP contribution in [0.1, 0.15) is 12.5 Å². The van der Waals surface area contributed by atoms with Crippen molar-refractivity contribution in [1.82, 2.24) is 10.7 Å². The molecule has 0 unspecified atom stereocenters. The Labute approximate surface area is 89.2 Å². The summed E-state index contributed by atoms with van der Waals surface area (Å²) in [4.78, 5) is 0. The first kappa shape index (κ1) is 10.7. The van der Waals surface area contributed by atoms with Crippen LogP contribution in [0.25, 0.3) is 0 Å². The Bertz CT molecular complexity index is 308. The Morgan fingerprint density at radius 1 is 1.43 bits per heavy atom. The van der Waals surface area contributed by atoms with Crippen LogP contribution in [0.2, 0.25) is 0 Å². The summed E-state index contributed by atoms with van der Waals surface area (Å²) in [5.41, 5.74) is 3.94. The highest BCUT2D eigenvalue weighted by molar-refractivity contribution is 7.80. The summed E-state index contributed by atoms with van der Waals surface area (Å²) in [5, 5.41) is 6.47. The van der Waals surface area contributed by atoms with E-state index in [1.165, 1.54) is 0 Å². The van der Waals surface area contributed by atoms with Gasteiger partial charge in [-0.2, -0.15) is 0 Å². The summed E-state index contributed by atoms with van der Waals surface area (Å²) < 4.78 is 0. The van der Waals surface area contributed by atoms with Crippen LogP contribution in [-0.4, -0.2) is 17.9 Å². The Morgan fingerprint density at radius 2 is 2.14 bits per heavy atom. The van der Waals surface area contributed by atoms with Crippen LogP contribution in [0.3, 0.4) is 0 Å². The second kappa shape index (κ2) is 6.10. The Balaban J connectivity index is 2.38. The first-order valence-electron chi connectivity index (χ1n) is 4.50. The number of rotatable bonds is 3. The molecule has 0 aliphatic heterocycles. The number of hydrogen-bond donors (Lipinski definition) is 3. The normalized spacial score (nSPS) is 10.1. The molecule has 0 heterocycles. The molecular formula is C10H14N3S+. The molecule has 3 nitrogen and oxygen atoms in total. The summed E-state index contributed by atoms with van der Waals surface area (Å²) in [5.74, 6) is 0. The lowest BCUT2D eigenvalue weighted by atomic mass is 10.2. The molecule has 74 valence electrons. The summed E-state index contributed by atoms with van der Waals surface area (Å²) in [7, 11) is 0. The van der Waals surface area contributed by atoms with Crippen molar-refractivity contribution in [1.29, 1.82) is 0 Å². The van der Waals surface area contributed by atoms with Gasteiger partial charge in [0.1, 0.15) is 0 Å². The van der Waals surface area contributed by atoms with Crippen LogP contribution in [0, 0.1) is 0 Å². The summed E-state index contributed by atoms with van der Waals surface area (Å²) >= 11 is 4.96. The van der Waals surface area contributed by atoms with Gasteiger partial charge in [-0.1, -0.05) is 18.2 Å². The lowest BCUT2D eigenvalue weighted by Gasteiger charge is -1.98. The van der Waals surface area contributed by atoms with E-state index in [1.807, 2.05) is 43.5 Å². The van der Waals surface area contributed by atoms with E-state index < -0.39 is 0 Å². The number of benzene rings is 1. The fraction of sp³-hybridized carbons (Fsp3) is 0.200. The third-order valence-corrected chi connectivity index (χ3v) is 1.81. The van der Waals surface area contributed by atoms with E-state index in [9.17, 15) is 0 Å². The Morgan fingerprint density at radius 3 is 2.79 bits per heavy atom. The number of hydrazone groups is 1. The minimum absolute atomic E-state index is 0.597. The van der Waals surface area contributed by atoms with Crippen molar-refractivity contribution in [2.24, 2.45) is 0 Å². The van der Waals surface area contributed by atoms with Crippen LogP contribution in [0.4, 0.5) is 0 Å². The third-order valence-electron chi connectivity index (χ3n) is 1.56. The van der Waals surface area contributed by atoms with Gasteiger partial charge in [0.05, 0.1) is 0 Å². The summed E-state index contributed by atoms with van der Waals surface area (Å²) in [6.45, 7) is 2.81. The minimum Gasteiger partial charge on any atom is -0.359 e. The lowest BCUT2D eigenvalue weighted by molar-refractivity contribution is -0.500. The predicted molar refractivity (Wildman–Crippen MR) is 62.0 cm³/mol. The monoisotopic (exact) mass is 208 g/mol. The van der Waals surface area contributed by atoms with Crippen molar-refractivity contribution in [3.8, 4) is 0 Å². The van der Waals surface area contributed by atoms with E-state index in [2.05, 4.69) is 15.8 Å². The van der Waals surface area contributed by atoms with Crippen LogP contribution in [0.5, 0.6) is 0 Å². The zero-order valence-corrected chi connectivity index (χ0v) is 8.90. The molecule has 0 bridgehead atoms. The predicted octanol–water partition coefficient (Wildman–Crippen LogP) is -0.415. The molecule has 0 radical (unpaired) electrons. The maximum Gasteiger partial charge on any atom is 0.223 e. The fourth-order valence-corrected chi connectivity index (χ4v) is 1.14. The van der Waals surface area contributed by atoms with Crippen LogP contribution < -0.4 is 15.8 Å². The van der Waals surface area contributed by atoms with Gasteiger partial charge in [-0.15, -0.1) is 10.5 Å². The first-order valence-corrected chi connectivity index (χ1v) is 4.91. The molecule has 1 aromatic carbocycles. The number of nitrogens with one attached hydrogen (secondary N) is 3. The van der Waals surface area contributed by atoms with Gasteiger partial charge in [-0.3, -0.25) is 0 Å². The quantitative estimate of drug-likeness (QED) is 0.359. The van der Waals surface area contributed by atoms with Gasteiger partial charge in [0.2, 0.25) is 5.11 Å². The van der Waals surface area contributed by atoms with Gasteiger partial charge in [0, 0.05) is 12.1 Å². The third kappa shape index (κ3) is 4.00. The second-order valence-electron chi connectivity index (χ2n) is 2.68. The topological polar surface area (TPSA) is 38.0 Å². The summed E-state index contributed by atoms with van der Waals surface area (Å²) in [6.07, 6.45) is 1.85. The average molecular weight is 208 g/mol. The minimum atomic E-state index is 0.597. The lowest BCUT2D eigenvalue weighted by Crippen LogP contribution is -2.82. The van der Waals surface area contributed by atoms with E-state index in [0.29, 0.717) is 5.11 Å². The standard InChI is InChI=1S/C10H13N3S/c1-2-11-10(14)13-12-8-9-6-4-3-5-7-9/h3-8H,2H2,1H3,(H2,11,13,14)/p+1. The van der Waals surface area contributed by atoms with E-state index in [4.69, 9.17) is 12.2 Å². The van der Waals surface area contributed by atoms with Crippen LogP contribution >= 0.6 is 12.2 Å². The highest BCUT2D eigenvalue weighted by atomic mass is 32.1. The van der Waals surface area contributed by atoms with E-state index in [-0.39, 0.29) is 0 Å². The molecule has 0 spiro atoms. The van der Waals surface area contributed by atoms with Crippen molar-refractivity contribution in [3.63, 3.8) is 0 Å². The smallest absolute Gasteiger partial charge is 0.223 e. The molecular weight excluding hydrogens is 194 g/mol. The molecule has 0 fully saturated rings. The molecule has 0 aliphatic carbocycles. The van der Waals surface area contributed by atoms with Gasteiger partial charge in [-0.05, 0) is 31.3 Å². The zero-order valence-electron chi connectivity index (χ0n) is 8.08. The van der Waals surface area contributed by atoms with E-state index in [0.717, 1.165) is 12.1 Å². The number of hydrogen-bond acceptors (Lipinski definition) is 1. The Hall–Kier alpha value is -1.42. The Kier molecular flexibility index (Phi) is 4.64. The van der Waals surface area contributed by atoms with Gasteiger partial charge < -0.3 is 5.32 Å². The van der Waals surface area contributed by atoms with Crippen molar-refractivity contribution in [2.75, 3.05) is 6.54 Å². The van der Waals surface area contributed by atoms with E-state index >= 15 is 0 Å². The van der Waals surface area contributed by atoms with E-state index in [1.54, 1.807) is 0 Å². The fourth-order valence-electron chi connectivity index (χ4n) is 0.939. The molecule has 1 aromatic rings. The first-order chi connectivity index (χ1) is 6.83.